The molecule has 1 rings (SSSR count). The van der Waals surface area contributed by atoms with E-state index in [-0.39, 0.29) is 5.56 Å². The zero-order chi connectivity index (χ0) is 8.97. The van der Waals surface area contributed by atoms with Crippen molar-refractivity contribution in [3.63, 3.8) is 0 Å². The molecule has 0 N–H and O–H groups in total. The SMILES string of the molecule is CSCc1ccc(F)c(C#N)c1. The molecule has 12 heavy (non-hydrogen) atoms. The average Bonchev–Trinajstić information content (AvgIpc) is 2.09. The lowest BCUT2D eigenvalue weighted by Gasteiger charge is -1.98. The summed E-state index contributed by atoms with van der Waals surface area (Å²) < 4.78 is 12.8. The van der Waals surface area contributed by atoms with Gasteiger partial charge in [0, 0.05) is 5.75 Å². The normalized spacial score (nSPS) is 9.42. The van der Waals surface area contributed by atoms with Gasteiger partial charge in [-0.15, -0.1) is 0 Å². The molecule has 0 saturated carbocycles. The summed E-state index contributed by atoms with van der Waals surface area (Å²) in [5, 5.41) is 8.51. The Morgan fingerprint density at radius 2 is 2.33 bits per heavy atom. The molecule has 1 nitrogen and oxygen atoms in total. The summed E-state index contributed by atoms with van der Waals surface area (Å²) in [6, 6.07) is 6.44. The first-order chi connectivity index (χ1) is 5.77. The van der Waals surface area contributed by atoms with E-state index in [1.165, 1.54) is 6.07 Å². The van der Waals surface area contributed by atoms with Crippen LogP contribution in [0.5, 0.6) is 0 Å². The predicted octanol–water partition coefficient (Wildman–Crippen LogP) is 2.56. The maximum Gasteiger partial charge on any atom is 0.140 e. The summed E-state index contributed by atoms with van der Waals surface area (Å²) in [6.07, 6.45) is 1.97. The quantitative estimate of drug-likeness (QED) is 0.700. The van der Waals surface area contributed by atoms with E-state index in [0.717, 1.165) is 11.3 Å². The summed E-state index contributed by atoms with van der Waals surface area (Å²) in [5.74, 6) is 0.372. The molecule has 0 unspecified atom stereocenters. The van der Waals surface area contributed by atoms with Gasteiger partial charge in [-0.25, -0.2) is 4.39 Å². The van der Waals surface area contributed by atoms with E-state index < -0.39 is 5.82 Å². The van der Waals surface area contributed by atoms with E-state index in [2.05, 4.69) is 0 Å². The topological polar surface area (TPSA) is 23.8 Å². The van der Waals surface area contributed by atoms with E-state index in [4.69, 9.17) is 5.26 Å². The molecule has 0 heterocycles. The highest BCUT2D eigenvalue weighted by molar-refractivity contribution is 7.97. The molecule has 0 fully saturated rings. The maximum absolute atomic E-state index is 12.8. The first-order valence-corrected chi connectivity index (χ1v) is 4.84. The van der Waals surface area contributed by atoms with E-state index >= 15 is 0 Å². The number of benzene rings is 1. The lowest BCUT2D eigenvalue weighted by Crippen LogP contribution is -1.86. The summed E-state index contributed by atoms with van der Waals surface area (Å²) >= 11 is 1.65. The van der Waals surface area contributed by atoms with Crippen molar-refractivity contribution in [3.8, 4) is 6.07 Å². The van der Waals surface area contributed by atoms with Gasteiger partial charge in [0.15, 0.2) is 0 Å². The Hall–Kier alpha value is -1.01. The van der Waals surface area contributed by atoms with Crippen molar-refractivity contribution in [2.45, 2.75) is 5.75 Å². The minimum atomic E-state index is -0.442. The molecule has 3 heteroatoms. The fraction of sp³-hybridized carbons (Fsp3) is 0.222. The molecule has 0 bridgehead atoms. The molecule has 1 aromatic carbocycles. The van der Waals surface area contributed by atoms with Crippen LogP contribution in [0.25, 0.3) is 0 Å². The third-order valence-corrected chi connectivity index (χ3v) is 2.08. The zero-order valence-electron chi connectivity index (χ0n) is 6.67. The molecule has 0 aliphatic carbocycles. The van der Waals surface area contributed by atoms with E-state index in [1.54, 1.807) is 23.9 Å². The van der Waals surface area contributed by atoms with Crippen LogP contribution in [0.15, 0.2) is 18.2 Å². The van der Waals surface area contributed by atoms with Crippen LogP contribution in [0.3, 0.4) is 0 Å². The predicted molar refractivity (Wildman–Crippen MR) is 48.3 cm³/mol. The van der Waals surface area contributed by atoms with Gasteiger partial charge in [0.2, 0.25) is 0 Å². The van der Waals surface area contributed by atoms with Crippen molar-refractivity contribution in [1.82, 2.24) is 0 Å². The van der Waals surface area contributed by atoms with Gasteiger partial charge in [0.25, 0.3) is 0 Å². The van der Waals surface area contributed by atoms with Crippen LogP contribution in [-0.4, -0.2) is 6.26 Å². The molecule has 0 amide bonds. The highest BCUT2D eigenvalue weighted by Gasteiger charge is 2.01. The smallest absolute Gasteiger partial charge is 0.140 e. The van der Waals surface area contributed by atoms with Gasteiger partial charge in [0.1, 0.15) is 11.9 Å². The number of nitrogens with zero attached hydrogens (tertiary/aromatic N) is 1. The van der Waals surface area contributed by atoms with Gasteiger partial charge in [-0.05, 0) is 24.0 Å². The van der Waals surface area contributed by atoms with Crippen molar-refractivity contribution < 1.29 is 4.39 Å². The fourth-order valence-corrected chi connectivity index (χ4v) is 1.43. The number of nitriles is 1. The Balaban J connectivity index is 2.99. The third kappa shape index (κ3) is 1.99. The minimum absolute atomic E-state index is 0.126. The number of thioether (sulfide) groups is 1. The summed E-state index contributed by atoms with van der Waals surface area (Å²) in [5.41, 5.74) is 1.11. The van der Waals surface area contributed by atoms with Crippen molar-refractivity contribution >= 4 is 11.8 Å². The van der Waals surface area contributed by atoms with Crippen LogP contribution in [0.2, 0.25) is 0 Å². The lowest BCUT2D eigenvalue weighted by molar-refractivity contribution is 0.623. The Morgan fingerprint density at radius 3 is 2.92 bits per heavy atom. The highest BCUT2D eigenvalue weighted by Crippen LogP contribution is 2.13. The van der Waals surface area contributed by atoms with Gasteiger partial charge in [0.05, 0.1) is 5.56 Å². The minimum Gasteiger partial charge on any atom is -0.206 e. The van der Waals surface area contributed by atoms with Crippen LogP contribution >= 0.6 is 11.8 Å². The second-order valence-corrected chi connectivity index (χ2v) is 3.23. The average molecular weight is 181 g/mol. The van der Waals surface area contributed by atoms with Crippen molar-refractivity contribution in [1.29, 1.82) is 5.26 Å². The van der Waals surface area contributed by atoms with Crippen molar-refractivity contribution in [2.24, 2.45) is 0 Å². The zero-order valence-corrected chi connectivity index (χ0v) is 7.49. The van der Waals surface area contributed by atoms with Crippen LogP contribution in [-0.2, 0) is 5.75 Å². The van der Waals surface area contributed by atoms with Gasteiger partial charge in [-0.2, -0.15) is 17.0 Å². The van der Waals surface area contributed by atoms with Gasteiger partial charge < -0.3 is 0 Å². The highest BCUT2D eigenvalue weighted by atomic mass is 32.2. The number of hydrogen-bond donors (Lipinski definition) is 0. The number of halogens is 1. The molecule has 0 saturated heterocycles. The summed E-state index contributed by atoms with van der Waals surface area (Å²) in [4.78, 5) is 0. The van der Waals surface area contributed by atoms with Gasteiger partial charge >= 0.3 is 0 Å². The van der Waals surface area contributed by atoms with Crippen LogP contribution in [0, 0.1) is 17.1 Å². The standard InChI is InChI=1S/C9H8FNS/c1-12-6-7-2-3-9(10)8(4-7)5-11/h2-4H,6H2,1H3. The molecule has 0 atom stereocenters. The monoisotopic (exact) mass is 181 g/mol. The van der Waals surface area contributed by atoms with Crippen molar-refractivity contribution in [2.75, 3.05) is 6.26 Å². The van der Waals surface area contributed by atoms with E-state index in [9.17, 15) is 4.39 Å². The number of hydrogen-bond acceptors (Lipinski definition) is 2. The van der Waals surface area contributed by atoms with Gasteiger partial charge in [-0.1, -0.05) is 6.07 Å². The Morgan fingerprint density at radius 1 is 1.58 bits per heavy atom. The molecule has 0 aliphatic heterocycles. The molecule has 0 radical (unpaired) electrons. The maximum atomic E-state index is 12.8. The molecular formula is C9H8FNS. The Kier molecular flexibility index (Phi) is 3.12. The summed E-state index contributed by atoms with van der Waals surface area (Å²) in [6.45, 7) is 0. The van der Waals surface area contributed by atoms with E-state index in [1.807, 2.05) is 12.3 Å². The number of rotatable bonds is 2. The second-order valence-electron chi connectivity index (χ2n) is 2.36. The molecule has 0 spiro atoms. The van der Waals surface area contributed by atoms with Crippen LogP contribution in [0.1, 0.15) is 11.1 Å². The Labute approximate surface area is 75.2 Å². The van der Waals surface area contributed by atoms with Crippen LogP contribution in [0.4, 0.5) is 4.39 Å². The first-order valence-electron chi connectivity index (χ1n) is 3.45. The fourth-order valence-electron chi connectivity index (χ4n) is 0.915. The molecule has 62 valence electrons. The largest absolute Gasteiger partial charge is 0.206 e. The van der Waals surface area contributed by atoms with E-state index in [0.29, 0.717) is 0 Å². The molecule has 0 aliphatic rings. The second kappa shape index (κ2) is 4.13. The summed E-state index contributed by atoms with van der Waals surface area (Å²) in [7, 11) is 0. The molecular weight excluding hydrogens is 173 g/mol. The third-order valence-electron chi connectivity index (χ3n) is 1.46. The Bertz CT molecular complexity index is 317. The molecule has 1 aromatic rings. The van der Waals surface area contributed by atoms with Crippen LogP contribution < -0.4 is 0 Å². The van der Waals surface area contributed by atoms with Crippen molar-refractivity contribution in [3.05, 3.63) is 35.1 Å². The van der Waals surface area contributed by atoms with Gasteiger partial charge in [-0.3, -0.25) is 0 Å². The molecule has 0 aromatic heterocycles. The first kappa shape index (κ1) is 9.08. The lowest BCUT2D eigenvalue weighted by atomic mass is 10.1.